The molecule has 1 atom stereocenters. The molecule has 1 N–H and O–H groups in total. The summed E-state index contributed by atoms with van der Waals surface area (Å²) in [5.74, 6) is 0.844. The fourth-order valence-corrected chi connectivity index (χ4v) is 2.65. The number of amides is 1. The van der Waals surface area contributed by atoms with Gasteiger partial charge in [0.25, 0.3) is 11.6 Å². The maximum absolute atomic E-state index is 12.7. The lowest BCUT2D eigenvalue weighted by molar-refractivity contribution is -0.384. The minimum atomic E-state index is -0.563. The molecular weight excluding hydrogens is 380 g/mol. The van der Waals surface area contributed by atoms with Crippen molar-refractivity contribution >= 4 is 11.6 Å². The van der Waals surface area contributed by atoms with Gasteiger partial charge in [0.2, 0.25) is 0 Å². The lowest BCUT2D eigenvalue weighted by Crippen LogP contribution is -2.27. The zero-order chi connectivity index (χ0) is 21.4. The van der Waals surface area contributed by atoms with Gasteiger partial charge in [-0.25, -0.2) is 0 Å². The van der Waals surface area contributed by atoms with E-state index >= 15 is 0 Å². The van der Waals surface area contributed by atoms with E-state index < -0.39 is 16.9 Å². The Labute approximate surface area is 168 Å². The van der Waals surface area contributed by atoms with Crippen molar-refractivity contribution in [3.05, 3.63) is 57.6 Å². The molecule has 0 radical (unpaired) electrons. The smallest absolute Gasteiger partial charge is 0.270 e. The van der Waals surface area contributed by atoms with Crippen molar-refractivity contribution in [1.29, 1.82) is 0 Å². The molecule has 2 aromatic carbocycles. The number of hydrogen-bond acceptors (Lipinski definition) is 7. The van der Waals surface area contributed by atoms with Crippen LogP contribution in [0.2, 0.25) is 0 Å². The van der Waals surface area contributed by atoms with E-state index in [-0.39, 0.29) is 17.0 Å². The number of methoxy groups -OCH3 is 3. The summed E-state index contributed by atoms with van der Waals surface area (Å²) in [4.78, 5) is 23.1. The first kappa shape index (κ1) is 22.0. The van der Waals surface area contributed by atoms with Crippen LogP contribution in [-0.2, 0) is 4.74 Å². The van der Waals surface area contributed by atoms with Crippen LogP contribution >= 0.6 is 0 Å². The molecule has 0 aliphatic rings. The van der Waals surface area contributed by atoms with Gasteiger partial charge in [-0.1, -0.05) is 6.07 Å². The molecule has 0 bridgehead atoms. The van der Waals surface area contributed by atoms with Crippen LogP contribution in [0.4, 0.5) is 5.69 Å². The first-order valence-corrected chi connectivity index (χ1v) is 8.84. The zero-order valence-corrected chi connectivity index (χ0v) is 16.8. The number of nitrogens with zero attached hydrogens (tertiary/aromatic N) is 1. The fourth-order valence-electron chi connectivity index (χ4n) is 2.65. The van der Waals surface area contributed by atoms with Gasteiger partial charge in [0, 0.05) is 19.2 Å². The Balaban J connectivity index is 2.19. The maximum Gasteiger partial charge on any atom is 0.270 e. The van der Waals surface area contributed by atoms with Crippen molar-refractivity contribution in [3.8, 4) is 17.2 Å². The SMILES string of the molecule is COCCOc1ccc(C(C)NC(=O)c2cc([N+](=O)[O-])ccc2OC)cc1OC. The van der Waals surface area contributed by atoms with Gasteiger partial charge in [0.1, 0.15) is 12.4 Å². The van der Waals surface area contributed by atoms with Crippen LogP contribution in [-0.4, -0.2) is 45.4 Å². The van der Waals surface area contributed by atoms with E-state index in [1.807, 2.05) is 0 Å². The van der Waals surface area contributed by atoms with E-state index in [4.69, 9.17) is 18.9 Å². The second-order valence-corrected chi connectivity index (χ2v) is 6.09. The number of nitrogens with one attached hydrogen (secondary N) is 1. The second-order valence-electron chi connectivity index (χ2n) is 6.09. The summed E-state index contributed by atoms with van der Waals surface area (Å²) in [5, 5.41) is 13.8. The molecule has 0 aliphatic carbocycles. The lowest BCUT2D eigenvalue weighted by Gasteiger charge is -2.18. The Morgan fingerprint density at radius 1 is 1.03 bits per heavy atom. The topological polar surface area (TPSA) is 109 Å². The molecule has 0 spiro atoms. The summed E-state index contributed by atoms with van der Waals surface area (Å²) in [5.41, 5.74) is 0.668. The van der Waals surface area contributed by atoms with E-state index in [0.717, 1.165) is 5.56 Å². The van der Waals surface area contributed by atoms with Crippen LogP contribution in [0.3, 0.4) is 0 Å². The predicted molar refractivity (Wildman–Crippen MR) is 106 cm³/mol. The summed E-state index contributed by atoms with van der Waals surface area (Å²) >= 11 is 0. The molecule has 1 unspecified atom stereocenters. The van der Waals surface area contributed by atoms with E-state index in [2.05, 4.69) is 5.32 Å². The van der Waals surface area contributed by atoms with Gasteiger partial charge in [0.15, 0.2) is 11.5 Å². The molecule has 29 heavy (non-hydrogen) atoms. The van der Waals surface area contributed by atoms with Crippen LogP contribution in [0.1, 0.15) is 28.9 Å². The molecule has 0 fully saturated rings. The minimum absolute atomic E-state index is 0.0834. The van der Waals surface area contributed by atoms with Gasteiger partial charge < -0.3 is 24.3 Å². The number of hydrogen-bond donors (Lipinski definition) is 1. The number of carbonyl (C=O) groups is 1. The number of nitro benzene ring substituents is 1. The Morgan fingerprint density at radius 2 is 1.72 bits per heavy atom. The normalized spacial score (nSPS) is 11.4. The minimum Gasteiger partial charge on any atom is -0.496 e. The number of ether oxygens (including phenoxy) is 4. The first-order valence-electron chi connectivity index (χ1n) is 8.84. The highest BCUT2D eigenvalue weighted by molar-refractivity contribution is 5.97. The third kappa shape index (κ3) is 5.58. The third-order valence-electron chi connectivity index (χ3n) is 4.22. The molecule has 0 aliphatic heterocycles. The molecule has 9 heteroatoms. The third-order valence-corrected chi connectivity index (χ3v) is 4.22. The van der Waals surface area contributed by atoms with Crippen LogP contribution < -0.4 is 19.5 Å². The molecular formula is C20H24N2O7. The van der Waals surface area contributed by atoms with Gasteiger partial charge in [0.05, 0.1) is 37.4 Å². The van der Waals surface area contributed by atoms with E-state index in [1.165, 1.54) is 32.4 Å². The van der Waals surface area contributed by atoms with Crippen molar-refractivity contribution in [3.63, 3.8) is 0 Å². The van der Waals surface area contributed by atoms with E-state index in [0.29, 0.717) is 24.7 Å². The van der Waals surface area contributed by atoms with Gasteiger partial charge in [-0.15, -0.1) is 0 Å². The molecule has 0 aromatic heterocycles. The number of nitro groups is 1. The summed E-state index contributed by atoms with van der Waals surface area (Å²) in [6.45, 7) is 2.62. The molecule has 2 rings (SSSR count). The quantitative estimate of drug-likeness (QED) is 0.368. The van der Waals surface area contributed by atoms with Crippen molar-refractivity contribution in [2.45, 2.75) is 13.0 Å². The standard InChI is InChI=1S/C20H24N2O7/c1-13(14-5-7-18(19(11-14)28-4)29-10-9-26-2)21-20(23)16-12-15(22(24)25)6-8-17(16)27-3/h5-8,11-13H,9-10H2,1-4H3,(H,21,23). The number of carbonyl (C=O) groups excluding carboxylic acids is 1. The average molecular weight is 404 g/mol. The van der Waals surface area contributed by atoms with E-state index in [1.54, 1.807) is 32.2 Å². The van der Waals surface area contributed by atoms with Crippen LogP contribution in [0.25, 0.3) is 0 Å². The number of benzene rings is 2. The molecule has 0 saturated heterocycles. The molecule has 0 saturated carbocycles. The van der Waals surface area contributed by atoms with E-state index in [9.17, 15) is 14.9 Å². The zero-order valence-electron chi connectivity index (χ0n) is 16.8. The predicted octanol–water partition coefficient (Wildman–Crippen LogP) is 3.13. The van der Waals surface area contributed by atoms with Gasteiger partial charge in [-0.05, 0) is 30.7 Å². The first-order chi connectivity index (χ1) is 13.9. The Kier molecular flexibility index (Phi) is 7.79. The molecule has 156 valence electrons. The van der Waals surface area contributed by atoms with Crippen molar-refractivity contribution in [1.82, 2.24) is 5.32 Å². The van der Waals surface area contributed by atoms with Crippen LogP contribution in [0, 0.1) is 10.1 Å². The van der Waals surface area contributed by atoms with Crippen molar-refractivity contribution in [2.24, 2.45) is 0 Å². The highest BCUT2D eigenvalue weighted by atomic mass is 16.6. The molecule has 0 heterocycles. The second kappa shape index (κ2) is 10.3. The fraction of sp³-hybridized carbons (Fsp3) is 0.350. The highest BCUT2D eigenvalue weighted by Gasteiger charge is 2.20. The largest absolute Gasteiger partial charge is 0.496 e. The van der Waals surface area contributed by atoms with Crippen LogP contribution in [0.15, 0.2) is 36.4 Å². The maximum atomic E-state index is 12.7. The van der Waals surface area contributed by atoms with Gasteiger partial charge >= 0.3 is 0 Å². The van der Waals surface area contributed by atoms with Crippen molar-refractivity contribution < 1.29 is 28.7 Å². The Morgan fingerprint density at radius 3 is 2.34 bits per heavy atom. The monoisotopic (exact) mass is 404 g/mol. The van der Waals surface area contributed by atoms with Crippen molar-refractivity contribution in [2.75, 3.05) is 34.5 Å². The Bertz CT molecular complexity index is 870. The summed E-state index contributed by atoms with van der Waals surface area (Å²) in [6.07, 6.45) is 0. The Hall–Kier alpha value is -3.33. The molecule has 2 aromatic rings. The lowest BCUT2D eigenvalue weighted by atomic mass is 10.1. The number of non-ortho nitro benzene ring substituents is 1. The summed E-state index contributed by atoms with van der Waals surface area (Å²) in [7, 11) is 4.51. The average Bonchev–Trinajstić information content (AvgIpc) is 2.73. The van der Waals surface area contributed by atoms with Gasteiger partial charge in [-0.3, -0.25) is 14.9 Å². The van der Waals surface area contributed by atoms with Gasteiger partial charge in [-0.2, -0.15) is 0 Å². The highest BCUT2D eigenvalue weighted by Crippen LogP contribution is 2.31. The molecule has 1 amide bonds. The van der Waals surface area contributed by atoms with Crippen LogP contribution in [0.5, 0.6) is 17.2 Å². The molecule has 9 nitrogen and oxygen atoms in total. The summed E-state index contributed by atoms with van der Waals surface area (Å²) < 4.78 is 21.1. The summed E-state index contributed by atoms with van der Waals surface area (Å²) in [6, 6.07) is 8.79. The number of rotatable bonds is 10.